The molecule has 0 aliphatic carbocycles. The van der Waals surface area contributed by atoms with Gasteiger partial charge in [-0.3, -0.25) is 0 Å². The molecule has 0 bridgehead atoms. The first-order valence-electron chi connectivity index (χ1n) is 5.49. The molecular formula is C11H12N4O2S. The smallest absolute Gasteiger partial charge is 0.165 e. The fourth-order valence-corrected chi connectivity index (χ4v) is 2.48. The van der Waals surface area contributed by atoms with Gasteiger partial charge in [0.25, 0.3) is 0 Å². The zero-order valence-corrected chi connectivity index (χ0v) is 10.5. The fourth-order valence-electron chi connectivity index (χ4n) is 1.99. The number of rotatable bonds is 2. The summed E-state index contributed by atoms with van der Waals surface area (Å²) in [6.45, 7) is 0.279. The van der Waals surface area contributed by atoms with Crippen molar-refractivity contribution in [2.45, 2.75) is 17.2 Å². The lowest BCUT2D eigenvalue weighted by atomic mass is 10.1. The predicted molar refractivity (Wildman–Crippen MR) is 67.2 cm³/mol. The molecule has 94 valence electrons. The largest absolute Gasteiger partial charge is 0.499 e. The number of aromatic nitrogens is 4. The maximum absolute atomic E-state index is 9.95. The van der Waals surface area contributed by atoms with Gasteiger partial charge in [-0.25, -0.2) is 15.0 Å². The normalized spacial score (nSPS) is 23.2. The average molecular weight is 264 g/mol. The van der Waals surface area contributed by atoms with Crippen LogP contribution in [-0.2, 0) is 4.74 Å². The number of fused-ring (bicyclic) bond motifs is 1. The molecule has 2 aromatic heterocycles. The van der Waals surface area contributed by atoms with Crippen molar-refractivity contribution < 1.29 is 9.84 Å². The van der Waals surface area contributed by atoms with Crippen LogP contribution in [0.1, 0.15) is 6.04 Å². The molecule has 0 radical (unpaired) electrons. The van der Waals surface area contributed by atoms with E-state index in [0.717, 1.165) is 16.2 Å². The first-order valence-corrected chi connectivity index (χ1v) is 6.71. The number of aliphatic hydroxyl groups excluding tert-OH is 1. The Hall–Kier alpha value is -1.60. The molecule has 0 fully saturated rings. The number of hydrogen-bond donors (Lipinski definition) is 1. The monoisotopic (exact) mass is 264 g/mol. The second kappa shape index (κ2) is 4.58. The maximum atomic E-state index is 9.95. The van der Waals surface area contributed by atoms with Crippen LogP contribution in [0.25, 0.3) is 11.2 Å². The molecule has 18 heavy (non-hydrogen) atoms. The van der Waals surface area contributed by atoms with Crippen molar-refractivity contribution in [2.24, 2.45) is 0 Å². The standard InChI is InChI=1S/C11H12N4O2S/c1-18-11-9-10(12-5-13-11)15(6-14-9)7-2-3-17-4-8(7)16/h2-3,5-8,16H,4H2,1H3/t7-,8-/m1/s1. The molecule has 6 nitrogen and oxygen atoms in total. The molecule has 0 amide bonds. The zero-order valence-electron chi connectivity index (χ0n) is 9.72. The van der Waals surface area contributed by atoms with Crippen LogP contribution in [0.5, 0.6) is 0 Å². The van der Waals surface area contributed by atoms with Crippen molar-refractivity contribution in [1.29, 1.82) is 0 Å². The lowest BCUT2D eigenvalue weighted by Crippen LogP contribution is -2.29. The van der Waals surface area contributed by atoms with Gasteiger partial charge in [0, 0.05) is 0 Å². The average Bonchev–Trinajstić information content (AvgIpc) is 2.83. The molecule has 3 rings (SSSR count). The van der Waals surface area contributed by atoms with Crippen molar-refractivity contribution >= 4 is 22.9 Å². The van der Waals surface area contributed by atoms with Gasteiger partial charge in [-0.2, -0.15) is 0 Å². The van der Waals surface area contributed by atoms with Crippen LogP contribution in [0, 0.1) is 0 Å². The van der Waals surface area contributed by atoms with Gasteiger partial charge in [0.15, 0.2) is 5.65 Å². The molecule has 1 N–H and O–H groups in total. The van der Waals surface area contributed by atoms with Crippen LogP contribution in [-0.4, -0.2) is 43.6 Å². The third-order valence-electron chi connectivity index (χ3n) is 2.87. The summed E-state index contributed by atoms with van der Waals surface area (Å²) in [5.74, 6) is 0. The quantitative estimate of drug-likeness (QED) is 0.644. The predicted octanol–water partition coefficient (Wildman–Crippen LogP) is 0.994. The van der Waals surface area contributed by atoms with Crippen LogP contribution in [0.15, 0.2) is 30.0 Å². The second-order valence-electron chi connectivity index (χ2n) is 3.93. The van der Waals surface area contributed by atoms with E-state index in [4.69, 9.17) is 4.74 Å². The molecular weight excluding hydrogens is 252 g/mol. The van der Waals surface area contributed by atoms with Crippen LogP contribution < -0.4 is 0 Å². The van der Waals surface area contributed by atoms with E-state index in [0.29, 0.717) is 0 Å². The maximum Gasteiger partial charge on any atom is 0.165 e. The number of thioether (sulfide) groups is 1. The molecule has 0 saturated carbocycles. The number of aliphatic hydroxyl groups is 1. The third kappa shape index (κ3) is 1.75. The summed E-state index contributed by atoms with van der Waals surface area (Å²) in [5, 5.41) is 10.8. The molecule has 2 atom stereocenters. The molecule has 1 aliphatic rings. The Kier molecular flexibility index (Phi) is 2.92. The summed E-state index contributed by atoms with van der Waals surface area (Å²) in [6.07, 6.45) is 7.95. The highest BCUT2D eigenvalue weighted by Gasteiger charge is 2.24. The van der Waals surface area contributed by atoms with E-state index in [-0.39, 0.29) is 12.6 Å². The summed E-state index contributed by atoms with van der Waals surface area (Å²) in [7, 11) is 0. The van der Waals surface area contributed by atoms with E-state index in [9.17, 15) is 5.11 Å². The van der Waals surface area contributed by atoms with Gasteiger partial charge in [-0.15, -0.1) is 11.8 Å². The van der Waals surface area contributed by atoms with Crippen molar-refractivity contribution in [3.63, 3.8) is 0 Å². The van der Waals surface area contributed by atoms with Crippen LogP contribution in [0.3, 0.4) is 0 Å². The van der Waals surface area contributed by atoms with Crippen molar-refractivity contribution in [3.05, 3.63) is 25.0 Å². The van der Waals surface area contributed by atoms with Gasteiger partial charge >= 0.3 is 0 Å². The van der Waals surface area contributed by atoms with Crippen LogP contribution in [0.4, 0.5) is 0 Å². The van der Waals surface area contributed by atoms with Crippen LogP contribution in [0.2, 0.25) is 0 Å². The Bertz CT molecular complexity index is 598. The lowest BCUT2D eigenvalue weighted by molar-refractivity contribution is 0.0429. The van der Waals surface area contributed by atoms with E-state index in [2.05, 4.69) is 15.0 Å². The third-order valence-corrected chi connectivity index (χ3v) is 3.56. The van der Waals surface area contributed by atoms with Gasteiger partial charge in [0.05, 0.1) is 18.6 Å². The Labute approximate surface area is 108 Å². The fraction of sp³-hybridized carbons (Fsp3) is 0.364. The van der Waals surface area contributed by atoms with E-state index >= 15 is 0 Å². The van der Waals surface area contributed by atoms with E-state index in [1.807, 2.05) is 10.8 Å². The van der Waals surface area contributed by atoms with Gasteiger partial charge in [-0.1, -0.05) is 0 Å². The zero-order chi connectivity index (χ0) is 12.5. The van der Waals surface area contributed by atoms with Crippen molar-refractivity contribution in [3.8, 4) is 0 Å². The molecule has 3 heterocycles. The Morgan fingerprint density at radius 2 is 2.33 bits per heavy atom. The Morgan fingerprint density at radius 3 is 3.11 bits per heavy atom. The molecule has 0 saturated heterocycles. The summed E-state index contributed by atoms with van der Waals surface area (Å²) < 4.78 is 6.91. The molecule has 0 aromatic carbocycles. The number of ether oxygens (including phenoxy) is 1. The highest BCUT2D eigenvalue weighted by Crippen LogP contribution is 2.26. The van der Waals surface area contributed by atoms with Gasteiger partial charge in [0.1, 0.15) is 29.6 Å². The Balaban J connectivity index is 2.13. The van der Waals surface area contributed by atoms with E-state index in [1.54, 1.807) is 18.7 Å². The highest BCUT2D eigenvalue weighted by molar-refractivity contribution is 7.98. The van der Waals surface area contributed by atoms with E-state index in [1.165, 1.54) is 18.1 Å². The number of hydrogen-bond acceptors (Lipinski definition) is 6. The Morgan fingerprint density at radius 1 is 1.44 bits per heavy atom. The number of imidazole rings is 1. The van der Waals surface area contributed by atoms with Gasteiger partial charge < -0.3 is 14.4 Å². The summed E-state index contributed by atoms with van der Waals surface area (Å²) >= 11 is 1.53. The second-order valence-corrected chi connectivity index (χ2v) is 4.72. The topological polar surface area (TPSA) is 73.1 Å². The minimum Gasteiger partial charge on any atom is -0.499 e. The summed E-state index contributed by atoms with van der Waals surface area (Å²) in [4.78, 5) is 12.8. The molecule has 0 spiro atoms. The SMILES string of the molecule is CSc1ncnc2c1ncn2[C@@H]1C=COC[C@H]1O. The van der Waals surface area contributed by atoms with Gasteiger partial charge in [-0.05, 0) is 12.3 Å². The van der Waals surface area contributed by atoms with Crippen molar-refractivity contribution in [2.75, 3.05) is 12.9 Å². The van der Waals surface area contributed by atoms with Crippen LogP contribution >= 0.6 is 11.8 Å². The minimum atomic E-state index is -0.597. The molecule has 7 heteroatoms. The molecule has 2 aromatic rings. The lowest BCUT2D eigenvalue weighted by Gasteiger charge is -2.24. The molecule has 1 aliphatic heterocycles. The summed E-state index contributed by atoms with van der Waals surface area (Å²) in [5.41, 5.74) is 1.49. The van der Waals surface area contributed by atoms with E-state index < -0.39 is 6.10 Å². The first kappa shape index (κ1) is 11.5. The first-order chi connectivity index (χ1) is 8.81. The highest BCUT2D eigenvalue weighted by atomic mass is 32.2. The van der Waals surface area contributed by atoms with Gasteiger partial charge in [0.2, 0.25) is 0 Å². The number of nitrogens with zero attached hydrogens (tertiary/aromatic N) is 4. The minimum absolute atomic E-state index is 0.201. The van der Waals surface area contributed by atoms with Crippen molar-refractivity contribution in [1.82, 2.24) is 19.5 Å². The summed E-state index contributed by atoms with van der Waals surface area (Å²) in [6, 6.07) is -0.201. The molecule has 0 unspecified atom stereocenters.